The molecule has 1 saturated heterocycles. The lowest BCUT2D eigenvalue weighted by atomic mass is 10.1. The summed E-state index contributed by atoms with van der Waals surface area (Å²) in [6.45, 7) is 0.192. The zero-order chi connectivity index (χ0) is 16.2. The minimum Gasteiger partial charge on any atom is -0.489 e. The van der Waals surface area contributed by atoms with Gasteiger partial charge in [-0.15, -0.1) is 12.4 Å². The number of ether oxygens (including phenoxy) is 1. The molecule has 2 atom stereocenters. The van der Waals surface area contributed by atoms with Gasteiger partial charge in [-0.1, -0.05) is 30.3 Å². The van der Waals surface area contributed by atoms with Crippen LogP contribution in [0.25, 0.3) is 0 Å². The first kappa shape index (κ1) is 18.2. The Morgan fingerprint density at radius 1 is 1.17 bits per heavy atom. The summed E-state index contributed by atoms with van der Waals surface area (Å²) in [5, 5.41) is 3.23. The monoisotopic (exact) mass is 350 g/mol. The van der Waals surface area contributed by atoms with Gasteiger partial charge in [0, 0.05) is 11.6 Å². The highest BCUT2D eigenvalue weighted by atomic mass is 35.5. The number of carbonyl (C=O) groups is 1. The number of amides is 1. The summed E-state index contributed by atoms with van der Waals surface area (Å²) >= 11 is 0. The minimum absolute atomic E-state index is 0. The summed E-state index contributed by atoms with van der Waals surface area (Å²) in [5.41, 5.74) is 6.93. The molecule has 0 radical (unpaired) electrons. The van der Waals surface area contributed by atoms with Gasteiger partial charge >= 0.3 is 0 Å². The van der Waals surface area contributed by atoms with Gasteiger partial charge < -0.3 is 10.5 Å². The summed E-state index contributed by atoms with van der Waals surface area (Å²) in [5.74, 6) is 0.107. The molecule has 2 aromatic carbocycles. The van der Waals surface area contributed by atoms with Gasteiger partial charge in [-0.05, 0) is 36.6 Å². The molecule has 128 valence electrons. The van der Waals surface area contributed by atoms with E-state index >= 15 is 0 Å². The van der Waals surface area contributed by atoms with Crippen LogP contribution in [0.15, 0.2) is 48.5 Å². The third-order valence-electron chi connectivity index (χ3n) is 4.12. The molecule has 1 heterocycles. The average Bonchev–Trinajstić information content (AvgIpc) is 3.05. The lowest BCUT2D eigenvalue weighted by Gasteiger charge is -2.13. The van der Waals surface area contributed by atoms with E-state index in [0.29, 0.717) is 11.3 Å². The van der Waals surface area contributed by atoms with Crippen LogP contribution in [0.5, 0.6) is 5.75 Å². The second-order valence-electron chi connectivity index (χ2n) is 5.70. The van der Waals surface area contributed by atoms with Crippen molar-refractivity contribution in [2.24, 2.45) is 5.73 Å². The number of carbonyl (C=O) groups excluding carboxylic acids is 1. The number of halogens is 2. The Balaban J connectivity index is 0.00000208. The van der Waals surface area contributed by atoms with Crippen LogP contribution in [-0.4, -0.2) is 11.9 Å². The molecule has 0 unspecified atom stereocenters. The molecule has 1 fully saturated rings. The van der Waals surface area contributed by atoms with Crippen molar-refractivity contribution < 1.29 is 13.9 Å². The summed E-state index contributed by atoms with van der Waals surface area (Å²) < 4.78 is 19.2. The molecule has 1 aliphatic rings. The SMILES string of the molecule is Cl.NC(=O)[C@@H]1CC[C@H](c2ccc(OCc3ccccc3F)cc2)N1. The highest BCUT2D eigenvalue weighted by molar-refractivity contribution is 5.85. The number of rotatable bonds is 5. The number of hydrogen-bond donors (Lipinski definition) is 2. The van der Waals surface area contributed by atoms with Gasteiger partial charge in [0.25, 0.3) is 0 Å². The largest absolute Gasteiger partial charge is 0.489 e. The third kappa shape index (κ3) is 4.24. The second-order valence-corrected chi connectivity index (χ2v) is 5.70. The summed E-state index contributed by atoms with van der Waals surface area (Å²) in [4.78, 5) is 11.2. The second kappa shape index (κ2) is 8.13. The quantitative estimate of drug-likeness (QED) is 0.870. The third-order valence-corrected chi connectivity index (χ3v) is 4.12. The van der Waals surface area contributed by atoms with Gasteiger partial charge in [0.2, 0.25) is 5.91 Å². The van der Waals surface area contributed by atoms with Crippen LogP contribution in [0.2, 0.25) is 0 Å². The zero-order valence-electron chi connectivity index (χ0n) is 13.1. The Labute approximate surface area is 146 Å². The van der Waals surface area contributed by atoms with Gasteiger partial charge in [0.05, 0.1) is 6.04 Å². The van der Waals surface area contributed by atoms with E-state index in [2.05, 4.69) is 5.32 Å². The molecule has 0 saturated carbocycles. The zero-order valence-corrected chi connectivity index (χ0v) is 13.9. The number of nitrogens with two attached hydrogens (primary N) is 1. The Hall–Kier alpha value is -2.11. The maximum atomic E-state index is 13.5. The van der Waals surface area contributed by atoms with Gasteiger partial charge in [0.1, 0.15) is 18.2 Å². The van der Waals surface area contributed by atoms with Crippen molar-refractivity contribution in [2.45, 2.75) is 31.5 Å². The van der Waals surface area contributed by atoms with E-state index in [0.717, 1.165) is 18.4 Å². The molecule has 6 heteroatoms. The maximum absolute atomic E-state index is 13.5. The van der Waals surface area contributed by atoms with E-state index in [-0.39, 0.29) is 42.8 Å². The Morgan fingerprint density at radius 2 is 1.88 bits per heavy atom. The average molecular weight is 351 g/mol. The van der Waals surface area contributed by atoms with Gasteiger partial charge in [-0.25, -0.2) is 4.39 Å². The summed E-state index contributed by atoms with van der Waals surface area (Å²) in [6, 6.07) is 14.1. The van der Waals surface area contributed by atoms with E-state index in [4.69, 9.17) is 10.5 Å². The van der Waals surface area contributed by atoms with E-state index in [1.165, 1.54) is 6.07 Å². The first-order valence-corrected chi connectivity index (χ1v) is 7.65. The van der Waals surface area contributed by atoms with Gasteiger partial charge in [-0.2, -0.15) is 0 Å². The van der Waals surface area contributed by atoms with Crippen molar-refractivity contribution in [3.63, 3.8) is 0 Å². The lowest BCUT2D eigenvalue weighted by Crippen LogP contribution is -2.37. The van der Waals surface area contributed by atoms with Gasteiger partial charge in [-0.3, -0.25) is 10.1 Å². The predicted molar refractivity (Wildman–Crippen MR) is 92.5 cm³/mol. The van der Waals surface area contributed by atoms with Gasteiger partial charge in [0.15, 0.2) is 0 Å². The number of hydrogen-bond acceptors (Lipinski definition) is 3. The van der Waals surface area contributed by atoms with E-state index in [1.807, 2.05) is 24.3 Å². The molecular formula is C18H20ClFN2O2. The smallest absolute Gasteiger partial charge is 0.234 e. The van der Waals surface area contributed by atoms with Crippen molar-refractivity contribution in [2.75, 3.05) is 0 Å². The van der Waals surface area contributed by atoms with Crippen molar-refractivity contribution >= 4 is 18.3 Å². The standard InChI is InChI=1S/C18H19FN2O2.ClH/c19-15-4-2-1-3-13(15)11-23-14-7-5-12(6-8-14)16-9-10-17(21-16)18(20)22;/h1-8,16-17,21H,9-11H2,(H2,20,22);1H/t16-,17+;/m1./s1. The fourth-order valence-electron chi connectivity index (χ4n) is 2.80. The fraction of sp³-hybridized carbons (Fsp3) is 0.278. The Kier molecular flexibility index (Phi) is 6.17. The molecule has 2 aromatic rings. The molecule has 0 spiro atoms. The molecule has 3 rings (SSSR count). The van der Waals surface area contributed by atoms with Crippen molar-refractivity contribution in [3.05, 3.63) is 65.5 Å². The highest BCUT2D eigenvalue weighted by Crippen LogP contribution is 2.28. The van der Waals surface area contributed by atoms with Crippen molar-refractivity contribution in [1.29, 1.82) is 0 Å². The van der Waals surface area contributed by atoms with Crippen molar-refractivity contribution in [3.8, 4) is 5.75 Å². The van der Waals surface area contributed by atoms with Crippen molar-refractivity contribution in [1.82, 2.24) is 5.32 Å². The first-order valence-electron chi connectivity index (χ1n) is 7.65. The van der Waals surface area contributed by atoms with E-state index in [9.17, 15) is 9.18 Å². The number of nitrogens with one attached hydrogen (secondary N) is 1. The fourth-order valence-corrected chi connectivity index (χ4v) is 2.80. The highest BCUT2D eigenvalue weighted by Gasteiger charge is 2.28. The minimum atomic E-state index is -0.308. The van der Waals surface area contributed by atoms with Crippen LogP contribution >= 0.6 is 12.4 Å². The van der Waals surface area contributed by atoms with Crippen LogP contribution in [0.1, 0.15) is 30.0 Å². The molecule has 4 nitrogen and oxygen atoms in total. The molecule has 0 bridgehead atoms. The van der Waals surface area contributed by atoms with Crippen LogP contribution in [0, 0.1) is 5.82 Å². The topological polar surface area (TPSA) is 64.4 Å². The molecule has 24 heavy (non-hydrogen) atoms. The lowest BCUT2D eigenvalue weighted by molar-refractivity contribution is -0.119. The maximum Gasteiger partial charge on any atom is 0.234 e. The molecule has 0 aliphatic carbocycles. The van der Waals surface area contributed by atoms with E-state index < -0.39 is 0 Å². The van der Waals surface area contributed by atoms with Crippen LogP contribution in [0.4, 0.5) is 4.39 Å². The Bertz CT molecular complexity index is 694. The molecule has 1 amide bonds. The normalized spacial score (nSPS) is 19.5. The summed E-state index contributed by atoms with van der Waals surface area (Å²) in [6.07, 6.45) is 1.63. The summed E-state index contributed by atoms with van der Waals surface area (Å²) in [7, 11) is 0. The predicted octanol–water partition coefficient (Wildman–Crippen LogP) is 3.10. The number of primary amides is 1. The van der Waals surface area contributed by atoms with Crippen LogP contribution in [0.3, 0.4) is 0 Å². The first-order chi connectivity index (χ1) is 11.1. The van der Waals surface area contributed by atoms with E-state index in [1.54, 1.807) is 18.2 Å². The molecule has 1 aliphatic heterocycles. The molecule has 0 aromatic heterocycles. The van der Waals surface area contributed by atoms with Crippen LogP contribution < -0.4 is 15.8 Å². The molecule has 3 N–H and O–H groups in total. The van der Waals surface area contributed by atoms with Crippen LogP contribution in [-0.2, 0) is 11.4 Å². The Morgan fingerprint density at radius 3 is 2.50 bits per heavy atom. The molecular weight excluding hydrogens is 331 g/mol. The number of benzene rings is 2.